The van der Waals surface area contributed by atoms with E-state index in [9.17, 15) is 4.79 Å². The predicted molar refractivity (Wildman–Crippen MR) is 80.2 cm³/mol. The van der Waals surface area contributed by atoms with Gasteiger partial charge in [0.1, 0.15) is 11.5 Å². The van der Waals surface area contributed by atoms with Crippen LogP contribution >= 0.6 is 15.9 Å². The number of alkyl halides is 1. The molecule has 2 aliphatic carbocycles. The van der Waals surface area contributed by atoms with E-state index >= 15 is 0 Å². The van der Waals surface area contributed by atoms with Gasteiger partial charge in [-0.05, 0) is 34.4 Å². The summed E-state index contributed by atoms with van der Waals surface area (Å²) in [5.74, 6) is 2.12. The second-order valence-corrected chi connectivity index (χ2v) is 6.83. The number of hydrogen-bond acceptors (Lipinski definition) is 3. The van der Waals surface area contributed by atoms with E-state index in [1.807, 2.05) is 45.0 Å². The first-order valence-corrected chi connectivity index (χ1v) is 7.30. The van der Waals surface area contributed by atoms with E-state index in [2.05, 4.69) is 34.0 Å². The van der Waals surface area contributed by atoms with Crippen molar-refractivity contribution in [2.45, 2.75) is 35.7 Å². The van der Waals surface area contributed by atoms with Gasteiger partial charge < -0.3 is 4.74 Å². The molecule has 1 fully saturated rings. The van der Waals surface area contributed by atoms with Gasteiger partial charge in [-0.3, -0.25) is 4.90 Å². The van der Waals surface area contributed by atoms with Crippen molar-refractivity contribution < 1.29 is 9.53 Å². The van der Waals surface area contributed by atoms with Crippen LogP contribution in [0.25, 0.3) is 0 Å². The second-order valence-electron chi connectivity index (χ2n) is 5.41. The fourth-order valence-electron chi connectivity index (χ4n) is 3.22. The van der Waals surface area contributed by atoms with E-state index in [0.29, 0.717) is 12.2 Å². The Labute approximate surface area is 123 Å². The molecule has 0 aliphatic heterocycles. The van der Waals surface area contributed by atoms with Crippen LogP contribution in [0.1, 0.15) is 20.3 Å². The molecule has 0 radical (unpaired) electrons. The summed E-state index contributed by atoms with van der Waals surface area (Å²) in [6.45, 7) is 4.55. The summed E-state index contributed by atoms with van der Waals surface area (Å²) in [7, 11) is 3.94. The van der Waals surface area contributed by atoms with Gasteiger partial charge in [-0.15, -0.1) is 0 Å². The van der Waals surface area contributed by atoms with E-state index in [0.717, 1.165) is 6.42 Å². The first-order chi connectivity index (χ1) is 8.90. The van der Waals surface area contributed by atoms with Crippen LogP contribution in [0, 0.1) is 0 Å². The van der Waals surface area contributed by atoms with Crippen molar-refractivity contribution in [3.63, 3.8) is 0 Å². The van der Waals surface area contributed by atoms with Crippen molar-refractivity contribution in [2.75, 3.05) is 20.7 Å². The summed E-state index contributed by atoms with van der Waals surface area (Å²) in [6, 6.07) is 0. The highest BCUT2D eigenvalue weighted by Gasteiger charge is 2.81. The molecule has 0 N–H and O–H groups in total. The van der Waals surface area contributed by atoms with Crippen LogP contribution in [0.3, 0.4) is 0 Å². The Bertz CT molecular complexity index is 492. The molecular weight excluding hydrogens is 306 g/mol. The maximum Gasteiger partial charge on any atom is 0.143 e. The minimum atomic E-state index is -0.652. The summed E-state index contributed by atoms with van der Waals surface area (Å²) in [5, 5.41) is 0. The van der Waals surface area contributed by atoms with Crippen molar-refractivity contribution in [1.82, 2.24) is 4.90 Å². The van der Waals surface area contributed by atoms with E-state index in [1.165, 1.54) is 0 Å². The van der Waals surface area contributed by atoms with Crippen LogP contribution in [-0.4, -0.2) is 47.0 Å². The number of halogens is 1. The summed E-state index contributed by atoms with van der Waals surface area (Å²) < 4.78 is 5.70. The third-order valence-electron chi connectivity index (χ3n) is 4.43. The molecule has 0 heterocycles. The van der Waals surface area contributed by atoms with Crippen LogP contribution in [0.4, 0.5) is 0 Å². The molecule has 1 saturated carbocycles. The number of ether oxygens (including phenoxy) is 1. The lowest BCUT2D eigenvalue weighted by molar-refractivity contribution is -0.00956. The Balaban J connectivity index is 2.55. The van der Waals surface area contributed by atoms with E-state index in [1.54, 1.807) is 0 Å². The van der Waals surface area contributed by atoms with Crippen molar-refractivity contribution in [1.29, 1.82) is 0 Å². The van der Waals surface area contributed by atoms with Gasteiger partial charge in [0.25, 0.3) is 0 Å². The third-order valence-corrected chi connectivity index (χ3v) is 5.57. The van der Waals surface area contributed by atoms with E-state index < -0.39 is 15.5 Å². The van der Waals surface area contributed by atoms with E-state index in [4.69, 9.17) is 4.74 Å². The largest absolute Gasteiger partial charge is 0.366 e. The van der Waals surface area contributed by atoms with Gasteiger partial charge in [-0.1, -0.05) is 40.2 Å². The minimum absolute atomic E-state index is 0.392. The molecule has 2 rings (SSSR count). The molecule has 104 valence electrons. The molecule has 0 aromatic heterocycles. The smallest absolute Gasteiger partial charge is 0.143 e. The van der Waals surface area contributed by atoms with Crippen molar-refractivity contribution in [3.8, 4) is 0 Å². The number of hydrogen-bond donors (Lipinski definition) is 0. The van der Waals surface area contributed by atoms with Gasteiger partial charge in [0.2, 0.25) is 0 Å². The fourth-order valence-corrected chi connectivity index (χ4v) is 4.25. The van der Waals surface area contributed by atoms with Gasteiger partial charge in [0.05, 0.1) is 15.4 Å². The number of rotatable bonds is 4. The van der Waals surface area contributed by atoms with Crippen LogP contribution in [-0.2, 0) is 9.53 Å². The van der Waals surface area contributed by atoms with Crippen LogP contribution in [0.5, 0.6) is 0 Å². The quantitative estimate of drug-likeness (QED) is 0.587. The maximum atomic E-state index is 11.4. The summed E-state index contributed by atoms with van der Waals surface area (Å²) >= 11 is 3.82. The standard InChI is InChI=1S/C15H20BrNO2/c1-5-19-15(14(16)9-7-6-8-10-14)12(11-18)13(15,2)17(3)4/h6-9H,5,10H2,1-4H3. The van der Waals surface area contributed by atoms with Crippen LogP contribution in [0.15, 0.2) is 29.9 Å². The minimum Gasteiger partial charge on any atom is -0.366 e. The number of nitrogens with zero attached hydrogens (tertiary/aromatic N) is 1. The Morgan fingerprint density at radius 3 is 2.53 bits per heavy atom. The number of likely N-dealkylation sites (N-methyl/N-ethyl adjacent to an activating group) is 1. The monoisotopic (exact) mass is 325 g/mol. The lowest BCUT2D eigenvalue weighted by Gasteiger charge is -2.38. The molecule has 3 unspecified atom stereocenters. The highest BCUT2D eigenvalue weighted by atomic mass is 79.9. The molecule has 0 amide bonds. The predicted octanol–water partition coefficient (Wildman–Crippen LogP) is 2.50. The molecular formula is C15H20BrNO2. The molecule has 3 atom stereocenters. The lowest BCUT2D eigenvalue weighted by atomic mass is 9.88. The lowest BCUT2D eigenvalue weighted by Crippen LogP contribution is -2.50. The molecule has 0 bridgehead atoms. The number of allylic oxidation sites excluding steroid dienone is 3. The zero-order valence-electron chi connectivity index (χ0n) is 11.9. The maximum absolute atomic E-state index is 11.4. The average Bonchev–Trinajstić information content (AvgIpc) is 2.93. The Hall–Kier alpha value is -0.670. The fraction of sp³-hybridized carbons (Fsp3) is 0.600. The van der Waals surface area contributed by atoms with Gasteiger partial charge in [0.15, 0.2) is 0 Å². The molecule has 3 nitrogen and oxygen atoms in total. The van der Waals surface area contributed by atoms with Crippen LogP contribution in [0.2, 0.25) is 0 Å². The third kappa shape index (κ3) is 1.67. The molecule has 0 aromatic rings. The average molecular weight is 326 g/mol. The Morgan fingerprint density at radius 1 is 1.47 bits per heavy atom. The topological polar surface area (TPSA) is 29.5 Å². The Kier molecular flexibility index (Phi) is 3.65. The van der Waals surface area contributed by atoms with Gasteiger partial charge in [0, 0.05) is 6.61 Å². The van der Waals surface area contributed by atoms with Crippen molar-refractivity contribution >= 4 is 21.9 Å². The molecule has 0 spiro atoms. The van der Waals surface area contributed by atoms with Crippen molar-refractivity contribution in [2.24, 2.45) is 0 Å². The summed E-state index contributed by atoms with van der Waals surface area (Å²) in [6.07, 6.45) is 8.97. The van der Waals surface area contributed by atoms with Crippen LogP contribution < -0.4 is 0 Å². The number of carbonyl (C=O) groups excluding carboxylic acids is 1. The van der Waals surface area contributed by atoms with Gasteiger partial charge in [-0.2, -0.15) is 0 Å². The summed E-state index contributed by atoms with van der Waals surface area (Å²) in [4.78, 5) is 13.5. The molecule has 0 aromatic carbocycles. The highest BCUT2D eigenvalue weighted by molar-refractivity contribution is 9.10. The molecule has 4 heteroatoms. The van der Waals surface area contributed by atoms with Crippen molar-refractivity contribution in [3.05, 3.63) is 29.9 Å². The molecule has 2 aliphatic rings. The highest BCUT2D eigenvalue weighted by Crippen LogP contribution is 2.67. The second kappa shape index (κ2) is 4.71. The first-order valence-electron chi connectivity index (χ1n) is 6.51. The molecule has 0 saturated heterocycles. The zero-order chi connectivity index (χ0) is 14.3. The van der Waals surface area contributed by atoms with Gasteiger partial charge in [-0.25, -0.2) is 4.79 Å². The zero-order valence-corrected chi connectivity index (χ0v) is 13.5. The van der Waals surface area contributed by atoms with Gasteiger partial charge >= 0.3 is 0 Å². The SMILES string of the molecule is CCOC1(C2(Br)C=CC=CC2)C(=C=O)C1(C)N(C)C. The first kappa shape index (κ1) is 14.7. The Morgan fingerprint density at radius 2 is 2.16 bits per heavy atom. The normalized spacial score (nSPS) is 40.6. The molecule has 19 heavy (non-hydrogen) atoms. The summed E-state index contributed by atoms with van der Waals surface area (Å²) in [5.41, 5.74) is -0.394. The van der Waals surface area contributed by atoms with E-state index in [-0.39, 0.29) is 0 Å².